The van der Waals surface area contributed by atoms with E-state index >= 15 is 0 Å². The summed E-state index contributed by atoms with van der Waals surface area (Å²) in [6.07, 6.45) is 5.78. The fraction of sp³-hybridized carbons (Fsp3) is 0.533. The van der Waals surface area contributed by atoms with Crippen molar-refractivity contribution in [1.29, 1.82) is 0 Å². The van der Waals surface area contributed by atoms with Gasteiger partial charge in [0.2, 0.25) is 0 Å². The molecule has 0 atom stereocenters. The zero-order valence-electron chi connectivity index (χ0n) is 12.6. The van der Waals surface area contributed by atoms with Crippen molar-refractivity contribution in [2.75, 3.05) is 0 Å². The Labute approximate surface area is 156 Å². The summed E-state index contributed by atoms with van der Waals surface area (Å²) in [5, 5.41) is 3.61. The number of rotatable bonds is 5. The zero-order chi connectivity index (χ0) is 15.9. The van der Waals surface area contributed by atoms with Crippen molar-refractivity contribution in [3.8, 4) is 5.75 Å². The van der Waals surface area contributed by atoms with E-state index in [1.165, 1.54) is 31.4 Å². The van der Waals surface area contributed by atoms with Crippen molar-refractivity contribution in [2.45, 2.75) is 51.3 Å². The number of guanidine groups is 1. The van der Waals surface area contributed by atoms with Gasteiger partial charge in [-0.1, -0.05) is 30.9 Å². The first kappa shape index (κ1) is 20.2. The molecule has 3 N–H and O–H groups in total. The van der Waals surface area contributed by atoms with E-state index in [4.69, 9.17) is 17.3 Å². The van der Waals surface area contributed by atoms with Crippen LogP contribution in [0.2, 0.25) is 5.02 Å². The van der Waals surface area contributed by atoms with Gasteiger partial charge in [0.1, 0.15) is 5.75 Å². The van der Waals surface area contributed by atoms with Crippen LogP contribution in [0.15, 0.2) is 23.2 Å². The zero-order valence-corrected chi connectivity index (χ0v) is 15.7. The first-order valence-corrected chi connectivity index (χ1v) is 7.72. The molecule has 23 heavy (non-hydrogen) atoms. The van der Waals surface area contributed by atoms with Gasteiger partial charge < -0.3 is 15.8 Å². The summed E-state index contributed by atoms with van der Waals surface area (Å²) in [4.78, 5) is 4.20. The second-order valence-electron chi connectivity index (χ2n) is 5.31. The van der Waals surface area contributed by atoms with Crippen molar-refractivity contribution in [1.82, 2.24) is 5.32 Å². The Balaban J connectivity index is 0.00000264. The standard InChI is InChI=1S/C15H20ClF2N3O.HI/c16-11-6-7-13(22-14(17)18)10(8-11)9-20-15(19)21-12-4-2-1-3-5-12;/h6-8,12,14H,1-5,9H2,(H3,19,20,21);1H. The van der Waals surface area contributed by atoms with Gasteiger partial charge >= 0.3 is 6.61 Å². The number of hydrogen-bond donors (Lipinski definition) is 2. The molecule has 8 heteroatoms. The third kappa shape index (κ3) is 7.07. The molecule has 0 radical (unpaired) electrons. The van der Waals surface area contributed by atoms with Crippen LogP contribution in [-0.2, 0) is 6.54 Å². The molecular formula is C15H21ClF2IN3O. The summed E-state index contributed by atoms with van der Waals surface area (Å²) < 4.78 is 29.2. The molecule has 0 spiro atoms. The van der Waals surface area contributed by atoms with Gasteiger partial charge in [0.05, 0.1) is 6.54 Å². The smallest absolute Gasteiger partial charge is 0.387 e. The molecule has 0 heterocycles. The first-order chi connectivity index (χ1) is 10.5. The van der Waals surface area contributed by atoms with Crippen LogP contribution in [0.3, 0.4) is 0 Å². The van der Waals surface area contributed by atoms with Gasteiger partial charge in [0.25, 0.3) is 0 Å². The van der Waals surface area contributed by atoms with E-state index in [1.807, 2.05) is 0 Å². The Morgan fingerprint density at radius 3 is 2.70 bits per heavy atom. The van der Waals surface area contributed by atoms with Gasteiger partial charge in [0.15, 0.2) is 5.96 Å². The minimum absolute atomic E-state index is 0. The monoisotopic (exact) mass is 459 g/mol. The van der Waals surface area contributed by atoms with Gasteiger partial charge in [-0.05, 0) is 31.0 Å². The fourth-order valence-electron chi connectivity index (χ4n) is 2.55. The highest BCUT2D eigenvalue weighted by atomic mass is 127. The fourth-order valence-corrected chi connectivity index (χ4v) is 2.75. The van der Waals surface area contributed by atoms with Crippen LogP contribution >= 0.6 is 35.6 Å². The second-order valence-corrected chi connectivity index (χ2v) is 5.75. The summed E-state index contributed by atoms with van der Waals surface area (Å²) in [5.41, 5.74) is 6.33. The molecule has 0 aromatic heterocycles. The summed E-state index contributed by atoms with van der Waals surface area (Å²) in [6, 6.07) is 4.80. The number of nitrogens with zero attached hydrogens (tertiary/aromatic N) is 1. The van der Waals surface area contributed by atoms with Gasteiger partial charge in [0, 0.05) is 16.6 Å². The largest absolute Gasteiger partial charge is 0.434 e. The number of aliphatic imine (C=N–C) groups is 1. The van der Waals surface area contributed by atoms with Crippen molar-refractivity contribution < 1.29 is 13.5 Å². The summed E-state index contributed by atoms with van der Waals surface area (Å²) in [6.45, 7) is -2.75. The van der Waals surface area contributed by atoms with Crippen molar-refractivity contribution in [3.05, 3.63) is 28.8 Å². The van der Waals surface area contributed by atoms with Crippen LogP contribution in [0.25, 0.3) is 0 Å². The van der Waals surface area contributed by atoms with E-state index < -0.39 is 6.61 Å². The Morgan fingerprint density at radius 2 is 2.04 bits per heavy atom. The summed E-state index contributed by atoms with van der Waals surface area (Å²) >= 11 is 5.89. The lowest BCUT2D eigenvalue weighted by molar-refractivity contribution is -0.0504. The van der Waals surface area contributed by atoms with E-state index in [2.05, 4.69) is 15.0 Å². The van der Waals surface area contributed by atoms with Gasteiger partial charge in [-0.3, -0.25) is 0 Å². The number of nitrogens with one attached hydrogen (secondary N) is 1. The molecule has 4 nitrogen and oxygen atoms in total. The average molecular weight is 460 g/mol. The SMILES string of the molecule is I.NC(=NCc1cc(Cl)ccc1OC(F)F)NC1CCCCC1. The molecule has 1 aliphatic rings. The van der Waals surface area contributed by atoms with Crippen molar-refractivity contribution >= 4 is 41.5 Å². The highest BCUT2D eigenvalue weighted by molar-refractivity contribution is 14.0. The number of halogens is 4. The molecule has 1 aromatic carbocycles. The Kier molecular flexibility index (Phi) is 8.90. The number of nitrogens with two attached hydrogens (primary N) is 1. The molecule has 1 aliphatic carbocycles. The topological polar surface area (TPSA) is 59.6 Å². The van der Waals surface area contributed by atoms with E-state index in [0.717, 1.165) is 12.8 Å². The van der Waals surface area contributed by atoms with E-state index in [-0.39, 0.29) is 36.3 Å². The van der Waals surface area contributed by atoms with Gasteiger partial charge in [-0.2, -0.15) is 8.78 Å². The van der Waals surface area contributed by atoms with Crippen LogP contribution in [0.1, 0.15) is 37.7 Å². The minimum atomic E-state index is -2.89. The van der Waals surface area contributed by atoms with Crippen LogP contribution in [0.4, 0.5) is 8.78 Å². The number of hydrogen-bond acceptors (Lipinski definition) is 2. The molecule has 1 fully saturated rings. The molecule has 0 amide bonds. The van der Waals surface area contributed by atoms with Gasteiger partial charge in [-0.15, -0.1) is 24.0 Å². The normalized spacial score (nSPS) is 16.1. The quantitative estimate of drug-likeness (QED) is 0.392. The maximum Gasteiger partial charge on any atom is 0.387 e. The van der Waals surface area contributed by atoms with Crippen LogP contribution in [0, 0.1) is 0 Å². The van der Waals surface area contributed by atoms with Crippen molar-refractivity contribution in [3.63, 3.8) is 0 Å². The predicted octanol–water partition coefficient (Wildman–Crippen LogP) is 4.30. The Hall–Kier alpha value is -0.830. The van der Waals surface area contributed by atoms with E-state index in [0.29, 0.717) is 22.6 Å². The summed E-state index contributed by atoms with van der Waals surface area (Å²) in [7, 11) is 0. The third-order valence-electron chi connectivity index (χ3n) is 3.62. The molecule has 0 aliphatic heterocycles. The maximum absolute atomic E-state index is 12.4. The summed E-state index contributed by atoms with van der Waals surface area (Å²) in [5.74, 6) is 0.378. The van der Waals surface area contributed by atoms with Crippen LogP contribution in [0.5, 0.6) is 5.75 Å². The molecular weight excluding hydrogens is 439 g/mol. The van der Waals surface area contributed by atoms with Crippen LogP contribution in [-0.4, -0.2) is 18.6 Å². The highest BCUT2D eigenvalue weighted by Crippen LogP contribution is 2.25. The first-order valence-electron chi connectivity index (χ1n) is 7.34. The number of benzene rings is 1. The molecule has 130 valence electrons. The number of ether oxygens (including phenoxy) is 1. The predicted molar refractivity (Wildman–Crippen MR) is 98.8 cm³/mol. The number of alkyl halides is 2. The maximum atomic E-state index is 12.4. The molecule has 2 rings (SSSR count). The molecule has 0 bridgehead atoms. The second kappa shape index (κ2) is 10.1. The molecule has 0 unspecified atom stereocenters. The average Bonchev–Trinajstić information content (AvgIpc) is 2.48. The molecule has 1 saturated carbocycles. The van der Waals surface area contributed by atoms with Crippen molar-refractivity contribution in [2.24, 2.45) is 10.7 Å². The lowest BCUT2D eigenvalue weighted by atomic mass is 9.96. The lowest BCUT2D eigenvalue weighted by Gasteiger charge is -2.23. The minimum Gasteiger partial charge on any atom is -0.434 e. The Bertz CT molecular complexity index is 525. The van der Waals surface area contributed by atoms with E-state index in [9.17, 15) is 8.78 Å². The van der Waals surface area contributed by atoms with E-state index in [1.54, 1.807) is 6.07 Å². The Morgan fingerprint density at radius 1 is 1.35 bits per heavy atom. The molecule has 1 aromatic rings. The van der Waals surface area contributed by atoms with Crippen LogP contribution < -0.4 is 15.8 Å². The molecule has 0 saturated heterocycles. The highest BCUT2D eigenvalue weighted by Gasteiger charge is 2.14. The third-order valence-corrected chi connectivity index (χ3v) is 3.85. The lowest BCUT2D eigenvalue weighted by Crippen LogP contribution is -2.41. The van der Waals surface area contributed by atoms with Gasteiger partial charge in [-0.25, -0.2) is 4.99 Å².